The minimum Gasteiger partial charge on any atom is -0.258 e. The van der Waals surface area contributed by atoms with Crippen LogP contribution in [0.1, 0.15) is 33.9 Å². The first-order valence-corrected chi connectivity index (χ1v) is 6.11. The van der Waals surface area contributed by atoms with Gasteiger partial charge < -0.3 is 0 Å². The molecule has 0 atom stereocenters. The topological polar surface area (TPSA) is 25.8 Å². The molecule has 0 spiro atoms. The minimum absolute atomic E-state index is 1.05. The monoisotopic (exact) mass is 238 g/mol. The summed E-state index contributed by atoms with van der Waals surface area (Å²) < 4.78 is 0. The van der Waals surface area contributed by atoms with Gasteiger partial charge in [0, 0.05) is 22.8 Å². The first kappa shape index (κ1) is 12.5. The van der Waals surface area contributed by atoms with Crippen molar-refractivity contribution in [2.24, 2.45) is 0 Å². The molecule has 92 valence electrons. The van der Waals surface area contributed by atoms with E-state index < -0.39 is 0 Å². The third-order valence-corrected chi connectivity index (χ3v) is 2.68. The predicted molar refractivity (Wildman–Crippen MR) is 76.4 cm³/mol. The maximum absolute atomic E-state index is 4.37. The fourth-order valence-corrected chi connectivity index (χ4v) is 2.12. The van der Waals surface area contributed by atoms with Gasteiger partial charge in [0.15, 0.2) is 0 Å². The molecule has 2 rings (SSSR count). The van der Waals surface area contributed by atoms with Gasteiger partial charge in [0.2, 0.25) is 0 Å². The summed E-state index contributed by atoms with van der Waals surface area (Å²) in [6.07, 6.45) is 4.24. The zero-order chi connectivity index (χ0) is 13.1. The van der Waals surface area contributed by atoms with Crippen molar-refractivity contribution in [1.29, 1.82) is 0 Å². The zero-order valence-corrected chi connectivity index (χ0v) is 11.4. The first-order valence-electron chi connectivity index (χ1n) is 6.11. The lowest BCUT2D eigenvalue weighted by molar-refractivity contribution is 1.12. The molecule has 0 N–H and O–H groups in total. The van der Waals surface area contributed by atoms with E-state index in [4.69, 9.17) is 0 Å². The van der Waals surface area contributed by atoms with Crippen LogP contribution in [0.5, 0.6) is 0 Å². The van der Waals surface area contributed by atoms with Crippen molar-refractivity contribution in [3.63, 3.8) is 0 Å². The van der Waals surface area contributed by atoms with E-state index in [1.165, 1.54) is 11.1 Å². The van der Waals surface area contributed by atoms with Gasteiger partial charge in [0.1, 0.15) is 0 Å². The molecule has 0 bridgehead atoms. The van der Waals surface area contributed by atoms with Crippen LogP contribution in [-0.4, -0.2) is 9.97 Å². The SMILES string of the molecule is Cc1cc(/C=C/c2cc(C)nc(C)c2)cc(C)n1. The molecule has 0 aliphatic carbocycles. The van der Waals surface area contributed by atoms with Crippen molar-refractivity contribution >= 4 is 12.2 Å². The third-order valence-electron chi connectivity index (χ3n) is 2.68. The van der Waals surface area contributed by atoms with E-state index in [1.807, 2.05) is 27.7 Å². The molecule has 0 amide bonds. The Balaban J connectivity index is 2.29. The second kappa shape index (κ2) is 5.13. The van der Waals surface area contributed by atoms with E-state index >= 15 is 0 Å². The summed E-state index contributed by atoms with van der Waals surface area (Å²) in [5, 5.41) is 0. The average molecular weight is 238 g/mol. The molecule has 2 aromatic heterocycles. The number of nitrogens with zero attached hydrogens (tertiary/aromatic N) is 2. The van der Waals surface area contributed by atoms with Crippen LogP contribution in [0.4, 0.5) is 0 Å². The number of aryl methyl sites for hydroxylation is 4. The molecule has 0 radical (unpaired) electrons. The van der Waals surface area contributed by atoms with E-state index in [1.54, 1.807) is 0 Å². The molecular weight excluding hydrogens is 220 g/mol. The molecule has 0 aliphatic heterocycles. The summed E-state index contributed by atoms with van der Waals surface area (Å²) >= 11 is 0. The zero-order valence-electron chi connectivity index (χ0n) is 11.4. The fourth-order valence-electron chi connectivity index (χ4n) is 2.12. The summed E-state index contributed by atoms with van der Waals surface area (Å²) in [4.78, 5) is 8.75. The van der Waals surface area contributed by atoms with Crippen LogP contribution in [0.3, 0.4) is 0 Å². The lowest BCUT2D eigenvalue weighted by atomic mass is 10.1. The van der Waals surface area contributed by atoms with Gasteiger partial charge in [-0.1, -0.05) is 12.2 Å². The predicted octanol–water partition coefficient (Wildman–Crippen LogP) is 3.88. The summed E-state index contributed by atoms with van der Waals surface area (Å²) in [6, 6.07) is 8.35. The maximum Gasteiger partial charge on any atom is 0.0381 e. The van der Waals surface area contributed by atoms with Crippen molar-refractivity contribution in [3.8, 4) is 0 Å². The van der Waals surface area contributed by atoms with E-state index in [0.717, 1.165) is 22.8 Å². The molecule has 0 fully saturated rings. The largest absolute Gasteiger partial charge is 0.258 e. The Morgan fingerprint density at radius 1 is 0.611 bits per heavy atom. The third kappa shape index (κ3) is 3.27. The molecule has 0 saturated carbocycles. The summed E-state index contributed by atoms with van der Waals surface area (Å²) in [7, 11) is 0. The normalized spacial score (nSPS) is 11.1. The van der Waals surface area contributed by atoms with Crippen LogP contribution >= 0.6 is 0 Å². The van der Waals surface area contributed by atoms with E-state index in [-0.39, 0.29) is 0 Å². The van der Waals surface area contributed by atoms with Crippen LogP contribution in [-0.2, 0) is 0 Å². The van der Waals surface area contributed by atoms with Crippen molar-refractivity contribution in [2.45, 2.75) is 27.7 Å². The maximum atomic E-state index is 4.37. The van der Waals surface area contributed by atoms with Crippen LogP contribution < -0.4 is 0 Å². The van der Waals surface area contributed by atoms with Gasteiger partial charge in [-0.2, -0.15) is 0 Å². The van der Waals surface area contributed by atoms with Crippen molar-refractivity contribution < 1.29 is 0 Å². The van der Waals surface area contributed by atoms with E-state index in [2.05, 4.69) is 46.4 Å². The van der Waals surface area contributed by atoms with Crippen LogP contribution in [0.25, 0.3) is 12.2 Å². The second-order valence-electron chi connectivity index (χ2n) is 4.70. The van der Waals surface area contributed by atoms with Crippen LogP contribution in [0, 0.1) is 27.7 Å². The van der Waals surface area contributed by atoms with Gasteiger partial charge in [-0.15, -0.1) is 0 Å². The average Bonchev–Trinajstić information content (AvgIpc) is 2.23. The van der Waals surface area contributed by atoms with Gasteiger partial charge in [0.25, 0.3) is 0 Å². The molecule has 2 heteroatoms. The molecule has 0 saturated heterocycles. The minimum atomic E-state index is 1.05. The lowest BCUT2D eigenvalue weighted by Crippen LogP contribution is -1.88. The second-order valence-corrected chi connectivity index (χ2v) is 4.70. The standard InChI is InChI=1S/C16H18N2/c1-11-7-15(8-12(2)17-11)5-6-16-9-13(3)18-14(4)10-16/h5-10H,1-4H3/b6-5+. The van der Waals surface area contributed by atoms with Gasteiger partial charge in [-0.05, 0) is 63.1 Å². The summed E-state index contributed by atoms with van der Waals surface area (Å²) in [5.41, 5.74) is 6.58. The number of aromatic nitrogens is 2. The van der Waals surface area contributed by atoms with Gasteiger partial charge in [-0.3, -0.25) is 9.97 Å². The molecule has 2 aromatic rings. The highest BCUT2D eigenvalue weighted by molar-refractivity contribution is 5.70. The van der Waals surface area contributed by atoms with Crippen molar-refractivity contribution in [2.75, 3.05) is 0 Å². The number of pyridine rings is 2. The number of rotatable bonds is 2. The Labute approximate surface area is 108 Å². The van der Waals surface area contributed by atoms with E-state index in [9.17, 15) is 0 Å². The Hall–Kier alpha value is -1.96. The lowest BCUT2D eigenvalue weighted by Gasteiger charge is -2.01. The van der Waals surface area contributed by atoms with Gasteiger partial charge in [-0.25, -0.2) is 0 Å². The fraction of sp³-hybridized carbons (Fsp3) is 0.250. The molecule has 0 aromatic carbocycles. The van der Waals surface area contributed by atoms with Crippen LogP contribution in [0.2, 0.25) is 0 Å². The molecule has 18 heavy (non-hydrogen) atoms. The van der Waals surface area contributed by atoms with E-state index in [0.29, 0.717) is 0 Å². The molecule has 2 heterocycles. The highest BCUT2D eigenvalue weighted by Gasteiger charge is 1.95. The van der Waals surface area contributed by atoms with Gasteiger partial charge >= 0.3 is 0 Å². The Morgan fingerprint density at radius 3 is 1.17 bits per heavy atom. The Bertz CT molecular complexity index is 504. The van der Waals surface area contributed by atoms with Crippen molar-refractivity contribution in [1.82, 2.24) is 9.97 Å². The molecule has 0 aliphatic rings. The van der Waals surface area contributed by atoms with Gasteiger partial charge in [0.05, 0.1) is 0 Å². The number of hydrogen-bond acceptors (Lipinski definition) is 2. The molecule has 0 unspecified atom stereocenters. The Morgan fingerprint density at radius 2 is 0.889 bits per heavy atom. The highest BCUT2D eigenvalue weighted by Crippen LogP contribution is 2.12. The molecule has 2 nitrogen and oxygen atoms in total. The smallest absolute Gasteiger partial charge is 0.0381 e. The summed E-state index contributed by atoms with van der Waals surface area (Å²) in [6.45, 7) is 8.08. The molecular formula is C16H18N2. The van der Waals surface area contributed by atoms with Crippen LogP contribution in [0.15, 0.2) is 24.3 Å². The van der Waals surface area contributed by atoms with Crippen molar-refractivity contribution in [3.05, 3.63) is 58.2 Å². The quantitative estimate of drug-likeness (QED) is 0.793. The first-order chi connectivity index (χ1) is 8.52. The Kier molecular flexibility index (Phi) is 3.56. The summed E-state index contributed by atoms with van der Waals surface area (Å²) in [5.74, 6) is 0. The highest BCUT2D eigenvalue weighted by atomic mass is 14.7. The number of hydrogen-bond donors (Lipinski definition) is 0.